The average molecular weight is 416 g/mol. The van der Waals surface area contributed by atoms with Crippen LogP contribution in [0.25, 0.3) is 16.7 Å². The molecule has 0 saturated carbocycles. The smallest absolute Gasteiger partial charge is 0.343 e. The highest BCUT2D eigenvalue weighted by Crippen LogP contribution is 2.26. The molecule has 8 nitrogen and oxygen atoms in total. The molecule has 0 spiro atoms. The van der Waals surface area contributed by atoms with Crippen molar-refractivity contribution in [1.82, 2.24) is 24.7 Å². The number of fused-ring (bicyclic) bond motifs is 1. The molecular weight excluding hydrogens is 392 g/mol. The summed E-state index contributed by atoms with van der Waals surface area (Å²) in [5, 5.41) is 8.96. The van der Waals surface area contributed by atoms with Crippen molar-refractivity contribution in [3.63, 3.8) is 0 Å². The van der Waals surface area contributed by atoms with Gasteiger partial charge in [0.1, 0.15) is 23.0 Å². The zero-order valence-corrected chi connectivity index (χ0v) is 18.2. The summed E-state index contributed by atoms with van der Waals surface area (Å²) in [5.74, 6) is 1.73. The number of ether oxygens (including phenoxy) is 1. The van der Waals surface area contributed by atoms with E-state index in [1.807, 2.05) is 38.1 Å². The minimum atomic E-state index is -0.483. The molecule has 4 aromatic rings. The number of esters is 1. The van der Waals surface area contributed by atoms with E-state index in [9.17, 15) is 4.79 Å². The summed E-state index contributed by atoms with van der Waals surface area (Å²) >= 11 is 0. The van der Waals surface area contributed by atoms with Gasteiger partial charge in [-0.05, 0) is 51.8 Å². The molecule has 1 aromatic carbocycles. The molecule has 0 aliphatic rings. The van der Waals surface area contributed by atoms with Gasteiger partial charge in [-0.3, -0.25) is 0 Å². The van der Waals surface area contributed by atoms with Crippen LogP contribution in [0.3, 0.4) is 0 Å². The standard InChI is InChI=1S/C23H24N6O2/c1-6-31-23(30)18-12-24-16(5)25-22(18)27-20-11-15(4)28-29(20)19-10-14(3)17-9-7-8-13(2)21(17)26-19/h7-12H,6H2,1-5H3,(H,24,25,27). The van der Waals surface area contributed by atoms with Crippen LogP contribution in [-0.4, -0.2) is 37.3 Å². The lowest BCUT2D eigenvalue weighted by atomic mass is 10.1. The third-order valence-corrected chi connectivity index (χ3v) is 4.93. The number of carbonyl (C=O) groups is 1. The highest BCUT2D eigenvalue weighted by Gasteiger charge is 2.18. The summed E-state index contributed by atoms with van der Waals surface area (Å²) in [6.07, 6.45) is 1.47. The zero-order chi connectivity index (χ0) is 22.1. The molecule has 3 aromatic heterocycles. The van der Waals surface area contributed by atoms with Crippen molar-refractivity contribution in [2.24, 2.45) is 0 Å². The number of pyridine rings is 1. The number of nitrogens with one attached hydrogen (secondary N) is 1. The largest absolute Gasteiger partial charge is 0.462 e. The molecule has 0 radical (unpaired) electrons. The van der Waals surface area contributed by atoms with Crippen LogP contribution in [0.5, 0.6) is 0 Å². The fourth-order valence-corrected chi connectivity index (χ4v) is 3.46. The minimum Gasteiger partial charge on any atom is -0.462 e. The summed E-state index contributed by atoms with van der Waals surface area (Å²) in [4.78, 5) is 25.8. The van der Waals surface area contributed by atoms with E-state index < -0.39 is 5.97 Å². The molecular formula is C23H24N6O2. The molecule has 0 fully saturated rings. The van der Waals surface area contributed by atoms with Crippen molar-refractivity contribution in [3.8, 4) is 5.82 Å². The topological polar surface area (TPSA) is 94.8 Å². The van der Waals surface area contributed by atoms with Gasteiger partial charge in [0.2, 0.25) is 0 Å². The third kappa shape index (κ3) is 3.96. The first-order valence-electron chi connectivity index (χ1n) is 10.1. The lowest BCUT2D eigenvalue weighted by Crippen LogP contribution is -2.13. The van der Waals surface area contributed by atoms with E-state index >= 15 is 0 Å². The first-order chi connectivity index (χ1) is 14.9. The molecule has 8 heteroatoms. The highest BCUT2D eigenvalue weighted by molar-refractivity contribution is 5.95. The van der Waals surface area contributed by atoms with Gasteiger partial charge in [0, 0.05) is 17.6 Å². The number of carbonyl (C=O) groups excluding carboxylic acids is 1. The van der Waals surface area contributed by atoms with Crippen molar-refractivity contribution in [3.05, 3.63) is 64.7 Å². The van der Waals surface area contributed by atoms with Crippen molar-refractivity contribution in [2.45, 2.75) is 34.6 Å². The van der Waals surface area contributed by atoms with Gasteiger partial charge in [-0.25, -0.2) is 19.7 Å². The quantitative estimate of drug-likeness (QED) is 0.483. The van der Waals surface area contributed by atoms with Gasteiger partial charge < -0.3 is 10.1 Å². The molecule has 0 saturated heterocycles. The van der Waals surface area contributed by atoms with Crippen molar-refractivity contribution < 1.29 is 9.53 Å². The molecule has 158 valence electrons. The van der Waals surface area contributed by atoms with E-state index in [1.165, 1.54) is 6.20 Å². The Morgan fingerprint density at radius 1 is 1.10 bits per heavy atom. The number of hydrogen-bond donors (Lipinski definition) is 1. The van der Waals surface area contributed by atoms with Crippen molar-refractivity contribution in [1.29, 1.82) is 0 Å². The van der Waals surface area contributed by atoms with Crippen molar-refractivity contribution in [2.75, 3.05) is 11.9 Å². The van der Waals surface area contributed by atoms with Crippen LogP contribution in [0.15, 0.2) is 36.5 Å². The Kier molecular flexibility index (Phi) is 5.37. The van der Waals surface area contributed by atoms with Gasteiger partial charge >= 0.3 is 5.97 Å². The highest BCUT2D eigenvalue weighted by atomic mass is 16.5. The maximum Gasteiger partial charge on any atom is 0.343 e. The molecule has 4 rings (SSSR count). The van der Waals surface area contributed by atoms with Gasteiger partial charge in [0.05, 0.1) is 17.8 Å². The van der Waals surface area contributed by atoms with E-state index in [0.717, 1.165) is 27.7 Å². The second-order valence-electron chi connectivity index (χ2n) is 7.38. The number of para-hydroxylation sites is 1. The number of anilines is 2. The van der Waals surface area contributed by atoms with Gasteiger partial charge in [-0.2, -0.15) is 9.78 Å². The predicted octanol–water partition coefficient (Wildman–Crippen LogP) is 4.36. The molecule has 0 aliphatic carbocycles. The summed E-state index contributed by atoms with van der Waals surface area (Å²) in [5.41, 5.74) is 4.19. The number of hydrogen-bond acceptors (Lipinski definition) is 7. The average Bonchev–Trinajstić information content (AvgIpc) is 3.09. The summed E-state index contributed by atoms with van der Waals surface area (Å²) in [6.45, 7) is 9.79. The Labute approximate surface area is 180 Å². The fourth-order valence-electron chi connectivity index (χ4n) is 3.46. The second-order valence-corrected chi connectivity index (χ2v) is 7.38. The molecule has 31 heavy (non-hydrogen) atoms. The van der Waals surface area contributed by atoms with Gasteiger partial charge in [0.25, 0.3) is 0 Å². The SMILES string of the molecule is CCOC(=O)c1cnc(C)nc1Nc1cc(C)nn1-c1cc(C)c2cccc(C)c2n1. The van der Waals surface area contributed by atoms with Gasteiger partial charge in [-0.1, -0.05) is 18.2 Å². The molecule has 0 bridgehead atoms. The van der Waals surface area contributed by atoms with Gasteiger partial charge in [-0.15, -0.1) is 0 Å². The second kappa shape index (κ2) is 8.14. The molecule has 3 heterocycles. The van der Waals surface area contributed by atoms with E-state index in [2.05, 4.69) is 33.4 Å². The Bertz CT molecular complexity index is 1290. The Balaban J connectivity index is 1.82. The van der Waals surface area contributed by atoms with Crippen LogP contribution in [0.4, 0.5) is 11.6 Å². The number of nitrogens with zero attached hydrogens (tertiary/aromatic N) is 5. The lowest BCUT2D eigenvalue weighted by Gasteiger charge is -2.13. The van der Waals surface area contributed by atoms with Crippen molar-refractivity contribution >= 4 is 28.5 Å². The first kappa shape index (κ1) is 20.5. The zero-order valence-electron chi connectivity index (χ0n) is 18.2. The normalized spacial score (nSPS) is 11.0. The summed E-state index contributed by atoms with van der Waals surface area (Å²) in [6, 6.07) is 10.0. The molecule has 0 atom stereocenters. The molecule has 0 unspecified atom stereocenters. The minimum absolute atomic E-state index is 0.261. The van der Waals surface area contributed by atoms with E-state index in [1.54, 1.807) is 18.5 Å². The predicted molar refractivity (Wildman–Crippen MR) is 119 cm³/mol. The monoisotopic (exact) mass is 416 g/mol. The molecule has 0 amide bonds. The van der Waals surface area contributed by atoms with Crippen LogP contribution >= 0.6 is 0 Å². The Morgan fingerprint density at radius 3 is 2.68 bits per heavy atom. The number of rotatable bonds is 5. The van der Waals surface area contributed by atoms with Crippen LogP contribution in [-0.2, 0) is 4.74 Å². The Morgan fingerprint density at radius 2 is 1.90 bits per heavy atom. The maximum atomic E-state index is 12.4. The Hall–Kier alpha value is -3.81. The third-order valence-electron chi connectivity index (χ3n) is 4.93. The van der Waals surface area contributed by atoms with E-state index in [4.69, 9.17) is 9.72 Å². The van der Waals surface area contributed by atoms with Crippen LogP contribution in [0.2, 0.25) is 0 Å². The van der Waals surface area contributed by atoms with Crippen LogP contribution < -0.4 is 5.32 Å². The van der Waals surface area contributed by atoms with E-state index in [-0.39, 0.29) is 12.2 Å². The lowest BCUT2D eigenvalue weighted by molar-refractivity contribution is 0.0526. The first-order valence-corrected chi connectivity index (χ1v) is 10.1. The fraction of sp³-hybridized carbons (Fsp3) is 0.261. The number of aromatic nitrogens is 5. The van der Waals surface area contributed by atoms with Crippen LogP contribution in [0.1, 0.15) is 39.9 Å². The number of benzene rings is 1. The summed E-state index contributed by atoms with van der Waals surface area (Å²) < 4.78 is 6.87. The summed E-state index contributed by atoms with van der Waals surface area (Å²) in [7, 11) is 0. The number of aryl methyl sites for hydroxylation is 4. The van der Waals surface area contributed by atoms with Gasteiger partial charge in [0.15, 0.2) is 5.82 Å². The maximum absolute atomic E-state index is 12.4. The molecule has 0 aliphatic heterocycles. The van der Waals surface area contributed by atoms with E-state index in [0.29, 0.717) is 23.3 Å². The molecule has 1 N–H and O–H groups in total. The van der Waals surface area contributed by atoms with Crippen LogP contribution in [0, 0.1) is 27.7 Å².